The Labute approximate surface area is 177 Å². The number of alkyl halides is 5. The molecule has 2 aromatic carbocycles. The van der Waals surface area contributed by atoms with Crippen molar-refractivity contribution in [1.82, 2.24) is 4.98 Å². The van der Waals surface area contributed by atoms with Crippen LogP contribution in [0, 0.1) is 6.92 Å². The van der Waals surface area contributed by atoms with Crippen molar-refractivity contribution < 1.29 is 27.1 Å². The van der Waals surface area contributed by atoms with E-state index in [0.29, 0.717) is 11.1 Å². The molecule has 3 rings (SSSR count). The quantitative estimate of drug-likeness (QED) is 0.429. The van der Waals surface area contributed by atoms with Gasteiger partial charge in [-0.25, -0.2) is 13.8 Å². The summed E-state index contributed by atoms with van der Waals surface area (Å²) >= 11 is 0. The molecular formula is C24H22F5NO. The van der Waals surface area contributed by atoms with Crippen LogP contribution in [0.1, 0.15) is 65.9 Å². The summed E-state index contributed by atoms with van der Waals surface area (Å²) in [6.07, 6.45) is -9.79. The van der Waals surface area contributed by atoms with E-state index in [1.165, 1.54) is 19.1 Å². The van der Waals surface area contributed by atoms with E-state index in [2.05, 4.69) is 4.98 Å². The molecule has 0 saturated heterocycles. The van der Waals surface area contributed by atoms with E-state index < -0.39 is 30.1 Å². The van der Waals surface area contributed by atoms with Crippen molar-refractivity contribution >= 4 is 0 Å². The van der Waals surface area contributed by atoms with Gasteiger partial charge in [-0.15, -0.1) is 0 Å². The zero-order chi connectivity index (χ0) is 22.9. The zero-order valence-corrected chi connectivity index (χ0v) is 17.2. The number of aliphatic hydroxyl groups excluding tert-OH is 1. The third-order valence-corrected chi connectivity index (χ3v) is 5.24. The molecule has 0 aliphatic carbocycles. The summed E-state index contributed by atoms with van der Waals surface area (Å²) in [7, 11) is 0. The molecule has 0 bridgehead atoms. The molecule has 0 aliphatic heterocycles. The minimum atomic E-state index is -4.92. The second kappa shape index (κ2) is 8.75. The van der Waals surface area contributed by atoms with Crippen LogP contribution in [0.5, 0.6) is 0 Å². The first-order chi connectivity index (χ1) is 14.5. The molecule has 1 unspecified atom stereocenters. The molecule has 2 nitrogen and oxygen atoms in total. The lowest BCUT2D eigenvalue weighted by atomic mass is 9.87. The van der Waals surface area contributed by atoms with E-state index in [1.54, 1.807) is 42.5 Å². The van der Waals surface area contributed by atoms with Crippen molar-refractivity contribution in [3.05, 3.63) is 88.2 Å². The Morgan fingerprint density at radius 2 is 1.42 bits per heavy atom. The Balaban J connectivity index is 2.32. The van der Waals surface area contributed by atoms with Crippen molar-refractivity contribution in [2.45, 2.75) is 45.4 Å². The van der Waals surface area contributed by atoms with Gasteiger partial charge in [0.2, 0.25) is 0 Å². The van der Waals surface area contributed by atoms with Crippen molar-refractivity contribution in [2.75, 3.05) is 0 Å². The van der Waals surface area contributed by atoms with Gasteiger partial charge in [-0.3, -0.25) is 0 Å². The average Bonchev–Trinajstić information content (AvgIpc) is 2.72. The largest absolute Gasteiger partial charge is 0.433 e. The van der Waals surface area contributed by atoms with Gasteiger partial charge in [-0.2, -0.15) is 13.2 Å². The highest BCUT2D eigenvalue weighted by atomic mass is 19.4. The van der Waals surface area contributed by atoms with E-state index in [-0.39, 0.29) is 22.6 Å². The van der Waals surface area contributed by atoms with Crippen molar-refractivity contribution in [3.63, 3.8) is 0 Å². The maximum Gasteiger partial charge on any atom is 0.433 e. The maximum absolute atomic E-state index is 13.9. The number of hydrogen-bond acceptors (Lipinski definition) is 2. The van der Waals surface area contributed by atoms with E-state index in [0.717, 1.165) is 5.56 Å². The van der Waals surface area contributed by atoms with Crippen molar-refractivity contribution in [2.24, 2.45) is 0 Å². The highest BCUT2D eigenvalue weighted by Gasteiger charge is 2.39. The minimum absolute atomic E-state index is 0.0846. The molecule has 31 heavy (non-hydrogen) atoms. The van der Waals surface area contributed by atoms with Gasteiger partial charge in [0.1, 0.15) is 17.5 Å². The normalized spacial score (nSPS) is 13.1. The molecule has 0 fully saturated rings. The van der Waals surface area contributed by atoms with Crippen molar-refractivity contribution in [3.8, 4) is 11.1 Å². The fraction of sp³-hybridized carbons (Fsp3) is 0.292. The molecule has 1 aromatic heterocycles. The average molecular weight is 435 g/mol. The predicted octanol–water partition coefficient (Wildman–Crippen LogP) is 7.22. The van der Waals surface area contributed by atoms with Crippen LogP contribution in [0.15, 0.2) is 54.6 Å². The zero-order valence-electron chi connectivity index (χ0n) is 17.2. The van der Waals surface area contributed by atoms with Gasteiger partial charge in [-0.1, -0.05) is 68.4 Å². The summed E-state index contributed by atoms with van der Waals surface area (Å²) in [5.74, 6) is 0.220. The van der Waals surface area contributed by atoms with Crippen LogP contribution in [0.4, 0.5) is 22.0 Å². The molecule has 0 radical (unpaired) electrons. The van der Waals surface area contributed by atoms with Crippen LogP contribution >= 0.6 is 0 Å². The molecule has 164 valence electrons. The first-order valence-corrected chi connectivity index (χ1v) is 9.75. The highest BCUT2D eigenvalue weighted by molar-refractivity contribution is 5.74. The molecule has 0 amide bonds. The van der Waals surface area contributed by atoms with E-state index in [9.17, 15) is 27.1 Å². The number of aromatic nitrogens is 1. The molecule has 1 atom stereocenters. The summed E-state index contributed by atoms with van der Waals surface area (Å²) in [5.41, 5.74) is -1.59. The summed E-state index contributed by atoms with van der Waals surface area (Å²) in [6, 6.07) is 14.6. The predicted molar refractivity (Wildman–Crippen MR) is 109 cm³/mol. The number of benzene rings is 2. The SMILES string of the molecule is Cc1c(C(F)(F)F)nc(C(F)F)c(C(O)c2ccc(C(C)C)cc2)c1-c1ccccc1. The Hall–Kier alpha value is -2.80. The fourth-order valence-electron chi connectivity index (χ4n) is 3.64. The lowest BCUT2D eigenvalue weighted by Gasteiger charge is -2.24. The topological polar surface area (TPSA) is 33.1 Å². The molecule has 0 spiro atoms. The van der Waals surface area contributed by atoms with Gasteiger partial charge in [0.15, 0.2) is 0 Å². The van der Waals surface area contributed by atoms with Gasteiger partial charge < -0.3 is 5.11 Å². The van der Waals surface area contributed by atoms with Crippen LogP contribution in [-0.2, 0) is 6.18 Å². The van der Waals surface area contributed by atoms with Gasteiger partial charge in [-0.05, 0) is 40.7 Å². The van der Waals surface area contributed by atoms with Gasteiger partial charge >= 0.3 is 6.18 Å². The van der Waals surface area contributed by atoms with Crippen LogP contribution in [0.25, 0.3) is 11.1 Å². The number of hydrogen-bond donors (Lipinski definition) is 1. The Bertz CT molecular complexity index is 1040. The molecule has 7 heteroatoms. The highest BCUT2D eigenvalue weighted by Crippen LogP contribution is 2.43. The molecule has 1 N–H and O–H groups in total. The second-order valence-electron chi connectivity index (χ2n) is 7.65. The van der Waals surface area contributed by atoms with Crippen LogP contribution in [0.3, 0.4) is 0 Å². The second-order valence-corrected chi connectivity index (χ2v) is 7.65. The molecule has 1 heterocycles. The Morgan fingerprint density at radius 3 is 1.90 bits per heavy atom. The van der Waals surface area contributed by atoms with E-state index >= 15 is 0 Å². The smallest absolute Gasteiger partial charge is 0.384 e. The first kappa shape index (κ1) is 22.9. The maximum atomic E-state index is 13.9. The van der Waals surface area contributed by atoms with Crippen LogP contribution < -0.4 is 0 Å². The number of aliphatic hydroxyl groups is 1. The third-order valence-electron chi connectivity index (χ3n) is 5.24. The molecule has 3 aromatic rings. The number of halogens is 5. The summed E-state index contributed by atoms with van der Waals surface area (Å²) in [6.45, 7) is 5.15. The van der Waals surface area contributed by atoms with Crippen LogP contribution in [0.2, 0.25) is 0 Å². The standard InChI is InChI=1S/C24H22F5NO/c1-13(2)15-9-11-17(12-10-15)21(31)19-18(16-7-5-4-6-8-16)14(3)22(24(27,28)29)30-20(19)23(25)26/h4-13,21,23,31H,1-3H3. The first-order valence-electron chi connectivity index (χ1n) is 9.75. The van der Waals surface area contributed by atoms with Gasteiger partial charge in [0, 0.05) is 5.56 Å². The van der Waals surface area contributed by atoms with Gasteiger partial charge in [0.25, 0.3) is 6.43 Å². The van der Waals surface area contributed by atoms with Crippen molar-refractivity contribution in [1.29, 1.82) is 0 Å². The summed E-state index contributed by atoms with van der Waals surface area (Å²) in [4.78, 5) is 3.29. The number of rotatable bonds is 5. The third kappa shape index (κ3) is 4.61. The lowest BCUT2D eigenvalue weighted by molar-refractivity contribution is -0.141. The Morgan fingerprint density at radius 1 is 0.871 bits per heavy atom. The Kier molecular flexibility index (Phi) is 6.46. The summed E-state index contributed by atoms with van der Waals surface area (Å²) in [5, 5.41) is 11.1. The number of pyridine rings is 1. The van der Waals surface area contributed by atoms with E-state index in [4.69, 9.17) is 0 Å². The molecular weight excluding hydrogens is 413 g/mol. The molecule has 0 saturated carbocycles. The van der Waals surface area contributed by atoms with Crippen LogP contribution in [-0.4, -0.2) is 10.1 Å². The molecule has 0 aliphatic rings. The minimum Gasteiger partial charge on any atom is -0.384 e. The fourth-order valence-corrected chi connectivity index (χ4v) is 3.64. The van der Waals surface area contributed by atoms with E-state index in [1.807, 2.05) is 13.8 Å². The summed E-state index contributed by atoms with van der Waals surface area (Å²) < 4.78 is 68.6. The number of nitrogens with zero attached hydrogens (tertiary/aromatic N) is 1. The van der Waals surface area contributed by atoms with Gasteiger partial charge in [0.05, 0.1) is 0 Å². The monoisotopic (exact) mass is 435 g/mol. The lowest BCUT2D eigenvalue weighted by Crippen LogP contribution is -2.18.